The number of carbonyl (C=O) groups is 6. The Morgan fingerprint density at radius 2 is 0.939 bits per heavy atom. The number of nitrogens with one attached hydrogen (secondary N) is 4. The molecule has 0 saturated heterocycles. The summed E-state index contributed by atoms with van der Waals surface area (Å²) in [6.45, 7) is 0. The third-order valence-electron chi connectivity index (χ3n) is 7.60. The summed E-state index contributed by atoms with van der Waals surface area (Å²) in [5.74, 6) is -5.46. The Balaban J connectivity index is 0.000000333. The van der Waals surface area contributed by atoms with E-state index in [1.807, 2.05) is 48.5 Å². The van der Waals surface area contributed by atoms with Gasteiger partial charge in [0.25, 0.3) is 0 Å². The monoisotopic (exact) mass is 684 g/mol. The van der Waals surface area contributed by atoms with E-state index in [2.05, 4.69) is 32.1 Å². The molecular weight excluding hydrogens is 640 g/mol. The SMILES string of the molecule is C.[NH3+][C@H](CCC(=O)N[C@H](Cc1c[nH]c2ccccc12)C(=O)O)C(=O)O.[NH3+][C@H](CCC(=O)N[C@H](Cc1c[nH]c2ccccc12)C(=O)O)C(=O)O. The van der Waals surface area contributed by atoms with E-state index in [0.29, 0.717) is 0 Å². The Bertz CT molecular complexity index is 1640. The molecule has 0 aliphatic heterocycles. The van der Waals surface area contributed by atoms with Gasteiger partial charge >= 0.3 is 23.9 Å². The Hall–Kier alpha value is -5.74. The van der Waals surface area contributed by atoms with Crippen LogP contribution in [0.5, 0.6) is 0 Å². The van der Waals surface area contributed by atoms with Gasteiger partial charge in [0.1, 0.15) is 12.1 Å². The summed E-state index contributed by atoms with van der Waals surface area (Å²) in [6, 6.07) is 11.0. The largest absolute Gasteiger partial charge is 0.480 e. The van der Waals surface area contributed by atoms with E-state index in [4.69, 9.17) is 10.2 Å². The lowest BCUT2D eigenvalue weighted by atomic mass is 10.0. The molecule has 14 N–H and O–H groups in total. The van der Waals surface area contributed by atoms with Gasteiger partial charge in [0, 0.05) is 72.7 Å². The molecule has 4 rings (SSSR count). The van der Waals surface area contributed by atoms with Crippen molar-refractivity contribution in [2.75, 3.05) is 0 Å². The predicted molar refractivity (Wildman–Crippen MR) is 177 cm³/mol. The molecule has 2 heterocycles. The second-order valence-electron chi connectivity index (χ2n) is 11.2. The maximum atomic E-state index is 11.9. The first-order valence-electron chi connectivity index (χ1n) is 15.0. The summed E-state index contributed by atoms with van der Waals surface area (Å²) in [5, 5.41) is 42.8. The van der Waals surface area contributed by atoms with Gasteiger partial charge < -0.3 is 52.5 Å². The van der Waals surface area contributed by atoms with Gasteiger partial charge in [0.05, 0.1) is 0 Å². The zero-order valence-electron chi connectivity index (χ0n) is 26.0. The molecule has 4 atom stereocenters. The second kappa shape index (κ2) is 18.6. The molecule has 16 nitrogen and oxygen atoms in total. The molecular formula is C33H44N6O10+2. The number of carboxylic acids is 4. The summed E-state index contributed by atoms with van der Waals surface area (Å²) < 4.78 is 0. The third-order valence-corrected chi connectivity index (χ3v) is 7.60. The first kappa shape index (κ1) is 39.4. The Kier molecular flexibility index (Phi) is 14.9. The average Bonchev–Trinajstić information content (AvgIpc) is 3.65. The van der Waals surface area contributed by atoms with Crippen molar-refractivity contribution in [1.29, 1.82) is 0 Å². The lowest BCUT2D eigenvalue weighted by Crippen LogP contribution is -2.65. The fourth-order valence-corrected chi connectivity index (χ4v) is 4.83. The quantitative estimate of drug-likeness (QED) is 0.0762. The minimum absolute atomic E-state index is 0. The number of H-pyrrole nitrogens is 2. The molecule has 16 heteroatoms. The van der Waals surface area contributed by atoms with Gasteiger partial charge in [-0.3, -0.25) is 9.59 Å². The van der Waals surface area contributed by atoms with Gasteiger partial charge in [0.15, 0.2) is 12.1 Å². The highest BCUT2D eigenvalue weighted by Crippen LogP contribution is 2.20. The number of amides is 2. The van der Waals surface area contributed by atoms with Crippen LogP contribution in [0.3, 0.4) is 0 Å². The highest BCUT2D eigenvalue weighted by atomic mass is 16.4. The Labute approximate surface area is 280 Å². The maximum absolute atomic E-state index is 11.9. The molecule has 4 aromatic rings. The summed E-state index contributed by atoms with van der Waals surface area (Å²) in [4.78, 5) is 74.1. The van der Waals surface area contributed by atoms with E-state index in [9.17, 15) is 39.0 Å². The van der Waals surface area contributed by atoms with E-state index in [-0.39, 0.29) is 46.0 Å². The number of aromatic amines is 2. The molecule has 0 aliphatic carbocycles. The van der Waals surface area contributed by atoms with Crippen molar-refractivity contribution >= 4 is 57.5 Å². The van der Waals surface area contributed by atoms with Crippen molar-refractivity contribution in [2.45, 2.75) is 70.1 Å². The maximum Gasteiger partial charge on any atom is 0.362 e. The summed E-state index contributed by atoms with van der Waals surface area (Å²) in [6.07, 6.45) is 3.67. The number of rotatable bonds is 16. The van der Waals surface area contributed by atoms with Gasteiger partial charge in [-0.25, -0.2) is 19.2 Å². The average molecular weight is 685 g/mol. The Morgan fingerprint density at radius 3 is 1.27 bits per heavy atom. The molecule has 0 unspecified atom stereocenters. The summed E-state index contributed by atoms with van der Waals surface area (Å²) in [7, 11) is 0. The van der Waals surface area contributed by atoms with Crippen LogP contribution in [0.25, 0.3) is 21.8 Å². The van der Waals surface area contributed by atoms with Crippen LogP contribution in [0.1, 0.15) is 44.2 Å². The summed E-state index contributed by atoms with van der Waals surface area (Å²) >= 11 is 0. The number of para-hydroxylation sites is 2. The van der Waals surface area contributed by atoms with E-state index in [1.54, 1.807) is 12.4 Å². The molecule has 0 aliphatic rings. The van der Waals surface area contributed by atoms with Crippen molar-refractivity contribution in [2.24, 2.45) is 0 Å². The van der Waals surface area contributed by atoms with Crippen LogP contribution in [0.15, 0.2) is 60.9 Å². The van der Waals surface area contributed by atoms with Crippen molar-refractivity contribution in [1.82, 2.24) is 20.6 Å². The number of fused-ring (bicyclic) bond motifs is 2. The number of hydrogen-bond donors (Lipinski definition) is 10. The highest BCUT2D eigenvalue weighted by Gasteiger charge is 2.25. The predicted octanol–water partition coefficient (Wildman–Crippen LogP) is 0.146. The fourth-order valence-electron chi connectivity index (χ4n) is 4.83. The van der Waals surface area contributed by atoms with Gasteiger partial charge in [-0.05, 0) is 23.3 Å². The van der Waals surface area contributed by atoms with Crippen LogP contribution >= 0.6 is 0 Å². The lowest BCUT2D eigenvalue weighted by molar-refractivity contribution is -0.408. The number of hydrogen-bond acceptors (Lipinski definition) is 6. The van der Waals surface area contributed by atoms with Crippen LogP contribution in [0.2, 0.25) is 0 Å². The van der Waals surface area contributed by atoms with Gasteiger partial charge in [-0.2, -0.15) is 0 Å². The van der Waals surface area contributed by atoms with E-state index >= 15 is 0 Å². The first-order chi connectivity index (χ1) is 22.8. The van der Waals surface area contributed by atoms with E-state index in [0.717, 1.165) is 32.9 Å². The highest BCUT2D eigenvalue weighted by molar-refractivity contribution is 5.88. The zero-order valence-corrected chi connectivity index (χ0v) is 26.0. The number of aliphatic carboxylic acids is 4. The fraction of sp³-hybridized carbons (Fsp3) is 0.333. The minimum atomic E-state index is -1.14. The molecule has 2 aromatic carbocycles. The number of carboxylic acid groups (broad SMARTS) is 4. The molecule has 264 valence electrons. The van der Waals surface area contributed by atoms with Gasteiger partial charge in [-0.1, -0.05) is 43.8 Å². The molecule has 0 radical (unpaired) electrons. The third kappa shape index (κ3) is 11.8. The zero-order chi connectivity index (χ0) is 35.4. The van der Waals surface area contributed by atoms with E-state index < -0.39 is 59.9 Å². The number of benzene rings is 2. The topological polar surface area (TPSA) is 294 Å². The van der Waals surface area contributed by atoms with Crippen molar-refractivity contribution in [3.05, 3.63) is 72.1 Å². The smallest absolute Gasteiger partial charge is 0.362 e. The van der Waals surface area contributed by atoms with Crippen molar-refractivity contribution in [3.63, 3.8) is 0 Å². The van der Waals surface area contributed by atoms with Crippen molar-refractivity contribution in [3.8, 4) is 0 Å². The molecule has 0 bridgehead atoms. The Morgan fingerprint density at radius 1 is 0.592 bits per heavy atom. The molecule has 2 amide bonds. The molecule has 0 spiro atoms. The molecule has 49 heavy (non-hydrogen) atoms. The first-order valence-corrected chi connectivity index (χ1v) is 15.0. The minimum Gasteiger partial charge on any atom is -0.480 e. The van der Waals surface area contributed by atoms with Crippen LogP contribution < -0.4 is 22.1 Å². The van der Waals surface area contributed by atoms with Crippen LogP contribution in [0.4, 0.5) is 0 Å². The second-order valence-corrected chi connectivity index (χ2v) is 11.2. The van der Waals surface area contributed by atoms with Crippen LogP contribution in [-0.2, 0) is 41.6 Å². The van der Waals surface area contributed by atoms with E-state index in [1.165, 1.54) is 0 Å². The summed E-state index contributed by atoms with van der Waals surface area (Å²) in [5.41, 5.74) is 10.2. The lowest BCUT2D eigenvalue weighted by Gasteiger charge is -2.14. The van der Waals surface area contributed by atoms with Crippen LogP contribution in [0, 0.1) is 0 Å². The molecule has 0 saturated carbocycles. The molecule has 2 aromatic heterocycles. The molecule has 0 fully saturated rings. The standard InChI is InChI=1S/2C16H19N3O5.CH4/c2*17-11(15(21)22)5-6-14(20)19-13(16(23)24)7-9-8-18-12-4-2-1-3-10(9)12;/h2*1-4,8,11,13,18H,5-7,17H2,(H,19,20)(H,21,22)(H,23,24);1H4/p+2/t2*11-,13-;/m11./s1. The van der Waals surface area contributed by atoms with Gasteiger partial charge in [0.2, 0.25) is 11.8 Å². The van der Waals surface area contributed by atoms with Crippen LogP contribution in [-0.4, -0.2) is 90.3 Å². The van der Waals surface area contributed by atoms with Crippen molar-refractivity contribution < 1.29 is 60.7 Å². The van der Waals surface area contributed by atoms with Gasteiger partial charge in [-0.15, -0.1) is 0 Å². The number of aromatic nitrogens is 2. The number of quaternary nitrogens is 2. The normalized spacial score (nSPS) is 13.1. The number of carbonyl (C=O) groups excluding carboxylic acids is 2.